The van der Waals surface area contributed by atoms with E-state index in [0.29, 0.717) is 0 Å². The van der Waals surface area contributed by atoms with Crippen molar-refractivity contribution in [3.63, 3.8) is 0 Å². The van der Waals surface area contributed by atoms with Crippen LogP contribution in [0.25, 0.3) is 0 Å². The molecular weight excluding hydrogens is 188 g/mol. The van der Waals surface area contributed by atoms with Crippen LogP contribution in [0.5, 0.6) is 0 Å². The lowest BCUT2D eigenvalue weighted by Crippen LogP contribution is -2.46. The van der Waals surface area contributed by atoms with E-state index in [0.717, 1.165) is 25.7 Å². The van der Waals surface area contributed by atoms with E-state index >= 15 is 0 Å². The van der Waals surface area contributed by atoms with Crippen molar-refractivity contribution in [3.05, 3.63) is 12.2 Å². The minimum atomic E-state index is -0.618. The highest BCUT2D eigenvalue weighted by atomic mass is 16.1. The Morgan fingerprint density at radius 2 is 1.93 bits per heavy atom. The molecule has 1 aliphatic carbocycles. The molecule has 1 rings (SSSR count). The lowest BCUT2D eigenvalue weighted by atomic mass is 9.92. The van der Waals surface area contributed by atoms with Crippen molar-refractivity contribution in [3.8, 4) is 6.07 Å². The summed E-state index contributed by atoms with van der Waals surface area (Å²) in [6, 6.07) is 2.28. The van der Waals surface area contributed by atoms with Crippen LogP contribution in [0.15, 0.2) is 12.2 Å². The summed E-state index contributed by atoms with van der Waals surface area (Å²) in [5.74, 6) is -0.152. The number of hydrogen-bond donors (Lipinski definition) is 1. The molecule has 0 unspecified atom stereocenters. The van der Waals surface area contributed by atoms with Crippen molar-refractivity contribution in [1.82, 2.24) is 5.32 Å². The van der Waals surface area contributed by atoms with Crippen LogP contribution in [0.3, 0.4) is 0 Å². The normalized spacial score (nSPS) is 20.5. The molecule has 0 spiro atoms. The average Bonchev–Trinajstić information content (AvgIpc) is 2.44. The zero-order chi connectivity index (χ0) is 11.1. The maximum Gasteiger partial charge on any atom is 0.244 e. The summed E-state index contributed by atoms with van der Waals surface area (Å²) < 4.78 is 0. The fourth-order valence-electron chi connectivity index (χ4n) is 2.03. The van der Waals surface area contributed by atoms with Gasteiger partial charge in [0.1, 0.15) is 5.54 Å². The van der Waals surface area contributed by atoms with Gasteiger partial charge in [0.15, 0.2) is 0 Å². The van der Waals surface area contributed by atoms with E-state index in [1.807, 2.05) is 0 Å². The molecule has 3 nitrogen and oxygen atoms in total. The van der Waals surface area contributed by atoms with Crippen LogP contribution in [0, 0.1) is 11.3 Å². The number of hydrogen-bond acceptors (Lipinski definition) is 2. The van der Waals surface area contributed by atoms with Crippen molar-refractivity contribution < 1.29 is 4.79 Å². The van der Waals surface area contributed by atoms with Crippen LogP contribution in [-0.2, 0) is 4.79 Å². The number of nitriles is 1. The van der Waals surface area contributed by atoms with E-state index in [2.05, 4.69) is 11.4 Å². The summed E-state index contributed by atoms with van der Waals surface area (Å²) in [6.45, 7) is 1.80. The maximum atomic E-state index is 11.4. The average molecular weight is 206 g/mol. The molecule has 1 fully saturated rings. The van der Waals surface area contributed by atoms with Gasteiger partial charge in [-0.2, -0.15) is 5.26 Å². The fourth-order valence-corrected chi connectivity index (χ4v) is 2.03. The molecule has 0 heterocycles. The summed E-state index contributed by atoms with van der Waals surface area (Å²) in [6.07, 6.45) is 9.14. The van der Waals surface area contributed by atoms with Gasteiger partial charge in [-0.1, -0.05) is 31.8 Å². The van der Waals surface area contributed by atoms with Gasteiger partial charge in [0.25, 0.3) is 0 Å². The lowest BCUT2D eigenvalue weighted by molar-refractivity contribution is -0.117. The molecule has 3 heteroatoms. The zero-order valence-electron chi connectivity index (χ0n) is 9.25. The zero-order valence-corrected chi connectivity index (χ0v) is 9.25. The number of rotatable bonds is 2. The Morgan fingerprint density at radius 3 is 2.40 bits per heavy atom. The third kappa shape index (κ3) is 3.39. The summed E-state index contributed by atoms with van der Waals surface area (Å²) in [5.41, 5.74) is -0.618. The van der Waals surface area contributed by atoms with Crippen LogP contribution in [-0.4, -0.2) is 11.4 Å². The van der Waals surface area contributed by atoms with Gasteiger partial charge in [-0.15, -0.1) is 0 Å². The molecule has 0 aliphatic heterocycles. The van der Waals surface area contributed by atoms with Gasteiger partial charge in [0.2, 0.25) is 5.91 Å². The largest absolute Gasteiger partial charge is 0.334 e. The van der Waals surface area contributed by atoms with E-state index in [1.54, 1.807) is 13.0 Å². The van der Waals surface area contributed by atoms with Crippen molar-refractivity contribution in [1.29, 1.82) is 5.26 Å². The highest BCUT2D eigenvalue weighted by Gasteiger charge is 2.31. The smallest absolute Gasteiger partial charge is 0.244 e. The molecule has 82 valence electrons. The van der Waals surface area contributed by atoms with E-state index in [9.17, 15) is 10.1 Å². The second kappa shape index (κ2) is 5.55. The fraction of sp³-hybridized carbons (Fsp3) is 0.667. The maximum absolute atomic E-state index is 11.4. The van der Waals surface area contributed by atoms with Crippen molar-refractivity contribution >= 4 is 5.91 Å². The molecule has 0 bridgehead atoms. The standard InChI is InChI=1S/C12H18N2O/c1-2-7-11(15)14-12(10-13)8-5-3-4-6-9-12/h2,7H,3-6,8-9H2,1H3,(H,14,15). The third-order valence-electron chi connectivity index (χ3n) is 2.85. The SMILES string of the molecule is CC=CC(=O)NC1(C#N)CCCCCC1. The van der Waals surface area contributed by atoms with E-state index < -0.39 is 5.54 Å². The van der Waals surface area contributed by atoms with Gasteiger partial charge in [-0.25, -0.2) is 0 Å². The Morgan fingerprint density at radius 1 is 1.33 bits per heavy atom. The monoisotopic (exact) mass is 206 g/mol. The Balaban J connectivity index is 2.66. The van der Waals surface area contributed by atoms with E-state index in [-0.39, 0.29) is 5.91 Å². The van der Waals surface area contributed by atoms with Gasteiger partial charge in [0, 0.05) is 0 Å². The molecular formula is C12H18N2O. The molecule has 1 amide bonds. The highest BCUT2D eigenvalue weighted by molar-refractivity contribution is 5.88. The topological polar surface area (TPSA) is 52.9 Å². The Bertz CT molecular complexity index is 280. The number of amides is 1. The molecule has 0 aromatic carbocycles. The number of allylic oxidation sites excluding steroid dienone is 1. The van der Waals surface area contributed by atoms with Crippen molar-refractivity contribution in [2.45, 2.75) is 51.0 Å². The van der Waals surface area contributed by atoms with Crippen LogP contribution >= 0.6 is 0 Å². The Labute approximate surface area is 91.2 Å². The Hall–Kier alpha value is -1.30. The second-order valence-electron chi connectivity index (χ2n) is 4.10. The van der Waals surface area contributed by atoms with Gasteiger partial charge >= 0.3 is 0 Å². The molecule has 0 radical (unpaired) electrons. The highest BCUT2D eigenvalue weighted by Crippen LogP contribution is 2.26. The predicted molar refractivity (Wildman–Crippen MR) is 59.0 cm³/mol. The minimum Gasteiger partial charge on any atom is -0.334 e. The first-order chi connectivity index (χ1) is 7.22. The number of carbonyl (C=O) groups is 1. The second-order valence-corrected chi connectivity index (χ2v) is 4.10. The van der Waals surface area contributed by atoms with Crippen molar-refractivity contribution in [2.24, 2.45) is 0 Å². The van der Waals surface area contributed by atoms with Gasteiger partial charge in [-0.3, -0.25) is 4.79 Å². The number of nitrogens with zero attached hydrogens (tertiary/aromatic N) is 1. The van der Waals surface area contributed by atoms with Crippen LogP contribution in [0.4, 0.5) is 0 Å². The molecule has 0 saturated heterocycles. The quantitative estimate of drug-likeness (QED) is 0.556. The summed E-state index contributed by atoms with van der Waals surface area (Å²) in [7, 11) is 0. The first kappa shape index (κ1) is 11.8. The lowest BCUT2D eigenvalue weighted by Gasteiger charge is -2.25. The molecule has 0 atom stereocenters. The summed E-state index contributed by atoms with van der Waals surface area (Å²) in [5, 5.41) is 12.0. The Kier molecular flexibility index (Phi) is 4.36. The van der Waals surface area contributed by atoms with Gasteiger partial charge in [-0.05, 0) is 25.8 Å². The van der Waals surface area contributed by atoms with E-state index in [1.165, 1.54) is 18.9 Å². The van der Waals surface area contributed by atoms with Crippen LogP contribution in [0.2, 0.25) is 0 Å². The van der Waals surface area contributed by atoms with Crippen LogP contribution in [0.1, 0.15) is 45.4 Å². The molecule has 1 aliphatic rings. The third-order valence-corrected chi connectivity index (χ3v) is 2.85. The molecule has 15 heavy (non-hydrogen) atoms. The molecule has 1 saturated carbocycles. The number of nitrogens with one attached hydrogen (secondary N) is 1. The van der Waals surface area contributed by atoms with Crippen LogP contribution < -0.4 is 5.32 Å². The van der Waals surface area contributed by atoms with Gasteiger partial charge in [0.05, 0.1) is 6.07 Å². The molecule has 1 N–H and O–H groups in total. The number of carbonyl (C=O) groups excluding carboxylic acids is 1. The summed E-state index contributed by atoms with van der Waals surface area (Å²) >= 11 is 0. The first-order valence-corrected chi connectivity index (χ1v) is 5.58. The molecule has 0 aromatic heterocycles. The minimum absolute atomic E-state index is 0.152. The van der Waals surface area contributed by atoms with E-state index in [4.69, 9.17) is 0 Å². The summed E-state index contributed by atoms with van der Waals surface area (Å²) in [4.78, 5) is 11.4. The predicted octanol–water partition coefficient (Wildman–Crippen LogP) is 2.30. The van der Waals surface area contributed by atoms with Gasteiger partial charge < -0.3 is 5.32 Å². The first-order valence-electron chi connectivity index (χ1n) is 5.58. The molecule has 0 aromatic rings. The van der Waals surface area contributed by atoms with Crippen molar-refractivity contribution in [2.75, 3.05) is 0 Å².